The van der Waals surface area contributed by atoms with Gasteiger partial charge in [0.05, 0.1) is 0 Å². The number of benzene rings is 2. The van der Waals surface area contributed by atoms with Gasteiger partial charge in [-0.2, -0.15) is 0 Å². The van der Waals surface area contributed by atoms with E-state index in [2.05, 4.69) is 0 Å². The van der Waals surface area contributed by atoms with Gasteiger partial charge in [-0.05, 0) is 23.8 Å². The van der Waals surface area contributed by atoms with Crippen LogP contribution in [0.3, 0.4) is 0 Å². The average molecular weight is 283 g/mol. The Morgan fingerprint density at radius 1 is 0.833 bits per heavy atom. The summed E-state index contributed by atoms with van der Waals surface area (Å²) in [6, 6.07) is 13.7. The fourth-order valence-electron chi connectivity index (χ4n) is 1.74. The topological polar surface area (TPSA) is 40.5 Å². The highest BCUT2D eigenvalue weighted by Gasteiger charge is 2.22. The molecule has 2 rings (SSSR count). The summed E-state index contributed by atoms with van der Waals surface area (Å²) < 4.78 is 0. The van der Waals surface area contributed by atoms with Gasteiger partial charge in [0.1, 0.15) is 12.2 Å². The van der Waals surface area contributed by atoms with Crippen LogP contribution >= 0.6 is 23.2 Å². The molecule has 2 N–H and O–H groups in total. The monoisotopic (exact) mass is 282 g/mol. The van der Waals surface area contributed by atoms with Gasteiger partial charge in [0.25, 0.3) is 0 Å². The summed E-state index contributed by atoms with van der Waals surface area (Å²) in [5, 5.41) is 21.1. The molecule has 2 aromatic carbocycles. The van der Waals surface area contributed by atoms with Crippen LogP contribution in [-0.4, -0.2) is 10.2 Å². The lowest BCUT2D eigenvalue weighted by Crippen LogP contribution is -2.10. The second-order valence-corrected chi connectivity index (χ2v) is 4.81. The molecule has 18 heavy (non-hydrogen) atoms. The summed E-state index contributed by atoms with van der Waals surface area (Å²) in [5.41, 5.74) is 1.04. The van der Waals surface area contributed by atoms with Crippen molar-refractivity contribution in [2.45, 2.75) is 12.2 Å². The third-order valence-corrected chi connectivity index (χ3v) is 3.30. The van der Waals surface area contributed by atoms with E-state index in [4.69, 9.17) is 23.2 Å². The van der Waals surface area contributed by atoms with E-state index in [0.29, 0.717) is 21.2 Å². The molecular weight excluding hydrogens is 271 g/mol. The van der Waals surface area contributed by atoms with E-state index >= 15 is 0 Å². The Hall–Kier alpha value is -1.06. The molecule has 4 heteroatoms. The predicted octanol–water partition coefficient (Wildman–Crippen LogP) is 3.76. The third kappa shape index (κ3) is 2.85. The quantitative estimate of drug-likeness (QED) is 0.900. The maximum Gasteiger partial charge on any atom is 0.111 e. The van der Waals surface area contributed by atoms with Crippen LogP contribution in [0, 0.1) is 0 Å². The van der Waals surface area contributed by atoms with Crippen LogP contribution in [-0.2, 0) is 0 Å². The normalized spacial score (nSPS) is 14.2. The van der Waals surface area contributed by atoms with Gasteiger partial charge in [0.2, 0.25) is 0 Å². The van der Waals surface area contributed by atoms with Gasteiger partial charge < -0.3 is 10.2 Å². The Balaban J connectivity index is 2.31. The molecule has 94 valence electrons. The van der Waals surface area contributed by atoms with Crippen LogP contribution in [0.1, 0.15) is 23.3 Å². The molecule has 0 radical (unpaired) electrons. The van der Waals surface area contributed by atoms with Crippen LogP contribution in [0.2, 0.25) is 10.0 Å². The molecule has 0 heterocycles. The second-order valence-electron chi connectivity index (χ2n) is 3.97. The Labute approximate surface area is 115 Å². The average Bonchev–Trinajstić information content (AvgIpc) is 2.41. The van der Waals surface area contributed by atoms with Crippen LogP contribution in [0.5, 0.6) is 0 Å². The first-order valence-electron chi connectivity index (χ1n) is 5.45. The molecular formula is C14H12Cl2O2. The zero-order valence-electron chi connectivity index (χ0n) is 9.42. The molecule has 2 aromatic rings. The first-order chi connectivity index (χ1) is 8.59. The number of aliphatic hydroxyl groups is 2. The number of aliphatic hydroxyl groups excluding tert-OH is 2. The largest absolute Gasteiger partial charge is 0.385 e. The smallest absolute Gasteiger partial charge is 0.111 e. The van der Waals surface area contributed by atoms with Crippen molar-refractivity contribution in [1.82, 2.24) is 0 Å². The van der Waals surface area contributed by atoms with Crippen molar-refractivity contribution in [1.29, 1.82) is 0 Å². The van der Waals surface area contributed by atoms with Crippen molar-refractivity contribution in [3.05, 3.63) is 69.7 Å². The lowest BCUT2D eigenvalue weighted by atomic mass is 9.98. The summed E-state index contributed by atoms with van der Waals surface area (Å²) in [6.07, 6.45) is -2.15. The van der Waals surface area contributed by atoms with Crippen molar-refractivity contribution in [3.8, 4) is 0 Å². The zero-order chi connectivity index (χ0) is 13.1. The molecule has 0 bridgehead atoms. The van der Waals surface area contributed by atoms with Crippen LogP contribution in [0.4, 0.5) is 0 Å². The van der Waals surface area contributed by atoms with Crippen LogP contribution < -0.4 is 0 Å². The van der Waals surface area contributed by atoms with E-state index < -0.39 is 12.2 Å². The van der Waals surface area contributed by atoms with Gasteiger partial charge in [-0.25, -0.2) is 0 Å². The summed E-state index contributed by atoms with van der Waals surface area (Å²) >= 11 is 11.9. The van der Waals surface area contributed by atoms with Gasteiger partial charge in [-0.1, -0.05) is 53.5 Å². The first kappa shape index (κ1) is 13.4. The van der Waals surface area contributed by atoms with E-state index in [0.717, 1.165) is 0 Å². The third-order valence-electron chi connectivity index (χ3n) is 2.72. The van der Waals surface area contributed by atoms with E-state index in [1.165, 1.54) is 0 Å². The van der Waals surface area contributed by atoms with Gasteiger partial charge in [0.15, 0.2) is 0 Å². The Morgan fingerprint density at radius 2 is 1.50 bits per heavy atom. The summed E-state index contributed by atoms with van der Waals surface area (Å²) in [6.45, 7) is 0. The molecule has 2 atom stereocenters. The lowest BCUT2D eigenvalue weighted by Gasteiger charge is -2.19. The Kier molecular flexibility index (Phi) is 4.25. The predicted molar refractivity (Wildman–Crippen MR) is 72.8 cm³/mol. The minimum Gasteiger partial charge on any atom is -0.385 e. The molecule has 0 spiro atoms. The van der Waals surface area contributed by atoms with Crippen LogP contribution in [0.25, 0.3) is 0 Å². The van der Waals surface area contributed by atoms with E-state index in [1.54, 1.807) is 42.5 Å². The van der Waals surface area contributed by atoms with Crippen molar-refractivity contribution >= 4 is 23.2 Å². The van der Waals surface area contributed by atoms with E-state index in [-0.39, 0.29) is 0 Å². The lowest BCUT2D eigenvalue weighted by molar-refractivity contribution is 0.0173. The Morgan fingerprint density at radius 3 is 2.17 bits per heavy atom. The van der Waals surface area contributed by atoms with Gasteiger partial charge >= 0.3 is 0 Å². The number of halogens is 2. The summed E-state index contributed by atoms with van der Waals surface area (Å²) in [4.78, 5) is 0. The molecule has 2 nitrogen and oxygen atoms in total. The van der Waals surface area contributed by atoms with Gasteiger partial charge in [-0.15, -0.1) is 0 Å². The van der Waals surface area contributed by atoms with E-state index in [9.17, 15) is 10.2 Å². The molecule has 0 aromatic heterocycles. The number of hydrogen-bond acceptors (Lipinski definition) is 2. The van der Waals surface area contributed by atoms with Crippen molar-refractivity contribution in [2.75, 3.05) is 0 Å². The minimum atomic E-state index is -1.11. The highest BCUT2D eigenvalue weighted by atomic mass is 35.5. The van der Waals surface area contributed by atoms with Gasteiger partial charge in [0, 0.05) is 15.6 Å². The molecule has 0 fully saturated rings. The highest BCUT2D eigenvalue weighted by molar-refractivity contribution is 6.33. The summed E-state index contributed by atoms with van der Waals surface area (Å²) in [7, 11) is 0. The molecule has 0 aliphatic heterocycles. The fourth-order valence-corrected chi connectivity index (χ4v) is 2.15. The van der Waals surface area contributed by atoms with Gasteiger partial charge in [-0.3, -0.25) is 0 Å². The maximum absolute atomic E-state index is 10.2. The molecule has 0 saturated carbocycles. The SMILES string of the molecule is OC(c1ccccc1)C(O)c1cc(Cl)ccc1Cl. The van der Waals surface area contributed by atoms with Crippen LogP contribution in [0.15, 0.2) is 48.5 Å². The highest BCUT2D eigenvalue weighted by Crippen LogP contribution is 2.34. The fraction of sp³-hybridized carbons (Fsp3) is 0.143. The van der Waals surface area contributed by atoms with Crippen molar-refractivity contribution < 1.29 is 10.2 Å². The zero-order valence-corrected chi connectivity index (χ0v) is 10.9. The first-order valence-corrected chi connectivity index (χ1v) is 6.21. The number of hydrogen-bond donors (Lipinski definition) is 2. The molecule has 0 aliphatic rings. The standard InChI is InChI=1S/C14H12Cl2O2/c15-10-6-7-12(16)11(8-10)14(18)13(17)9-4-2-1-3-5-9/h1-8,13-14,17-18H. The molecule has 0 aliphatic carbocycles. The molecule has 0 saturated heterocycles. The second kappa shape index (κ2) is 5.72. The molecule has 0 amide bonds. The molecule has 2 unspecified atom stereocenters. The number of rotatable bonds is 3. The van der Waals surface area contributed by atoms with Crippen molar-refractivity contribution in [2.24, 2.45) is 0 Å². The maximum atomic E-state index is 10.2. The van der Waals surface area contributed by atoms with Crippen molar-refractivity contribution in [3.63, 3.8) is 0 Å². The summed E-state index contributed by atoms with van der Waals surface area (Å²) in [5.74, 6) is 0. The van der Waals surface area contributed by atoms with E-state index in [1.807, 2.05) is 6.07 Å². The minimum absolute atomic E-state index is 0.377. The Bertz CT molecular complexity index is 529.